The summed E-state index contributed by atoms with van der Waals surface area (Å²) >= 11 is 0. The topological polar surface area (TPSA) is 64.1 Å². The van der Waals surface area contributed by atoms with Crippen molar-refractivity contribution in [3.05, 3.63) is 30.1 Å². The van der Waals surface area contributed by atoms with E-state index in [1.54, 1.807) is 12.1 Å². The number of rotatable bonds is 13. The van der Waals surface area contributed by atoms with Gasteiger partial charge in [-0.2, -0.15) is 0 Å². The van der Waals surface area contributed by atoms with Gasteiger partial charge in [-0.05, 0) is 63.3 Å². The first kappa shape index (κ1) is 25.9. The molecule has 0 aliphatic carbocycles. The van der Waals surface area contributed by atoms with Crippen LogP contribution in [0.4, 0.5) is 4.39 Å². The summed E-state index contributed by atoms with van der Waals surface area (Å²) in [5.74, 6) is 1.29. The Morgan fingerprint density at radius 2 is 2.00 bits per heavy atom. The van der Waals surface area contributed by atoms with Crippen molar-refractivity contribution in [2.75, 3.05) is 46.1 Å². The number of hydrogen-bond acceptors (Lipinski definition) is 4. The molecule has 1 aromatic rings. The number of hydrogen-bond donors (Lipinski definition) is 2. The van der Waals surface area contributed by atoms with Crippen LogP contribution in [0.15, 0.2) is 29.3 Å². The van der Waals surface area contributed by atoms with Gasteiger partial charge in [-0.3, -0.25) is 4.99 Å². The van der Waals surface area contributed by atoms with Gasteiger partial charge in [-0.25, -0.2) is 4.39 Å². The minimum Gasteiger partial charge on any atom is -0.494 e. The summed E-state index contributed by atoms with van der Waals surface area (Å²) in [5.41, 5.74) is 0. The van der Waals surface area contributed by atoms with Crippen LogP contribution in [0.5, 0.6) is 5.75 Å². The number of unbranched alkanes of at least 4 members (excludes halogenated alkanes) is 1. The average Bonchev–Trinajstić information content (AvgIpc) is 3.22. The Kier molecular flexibility index (Phi) is 14.9. The molecule has 1 atom stereocenters. The van der Waals surface area contributed by atoms with Gasteiger partial charge in [0.05, 0.1) is 19.3 Å². The van der Waals surface area contributed by atoms with Crippen molar-refractivity contribution in [3.63, 3.8) is 0 Å². The van der Waals surface area contributed by atoms with E-state index in [1.807, 2.05) is 0 Å². The van der Waals surface area contributed by atoms with Crippen LogP contribution in [0.25, 0.3) is 0 Å². The number of aliphatic imine (C=N–C) groups is 1. The lowest BCUT2D eigenvalue weighted by Crippen LogP contribution is -2.38. The lowest BCUT2D eigenvalue weighted by atomic mass is 10.2. The zero-order valence-electron chi connectivity index (χ0n) is 17.3. The van der Waals surface area contributed by atoms with Crippen LogP contribution in [0, 0.1) is 5.82 Å². The molecule has 29 heavy (non-hydrogen) atoms. The molecule has 1 saturated heterocycles. The number of guanidine groups is 1. The average molecular weight is 523 g/mol. The van der Waals surface area contributed by atoms with E-state index in [9.17, 15) is 4.39 Å². The molecule has 0 radical (unpaired) electrons. The molecule has 1 aromatic carbocycles. The summed E-state index contributed by atoms with van der Waals surface area (Å²) in [6, 6.07) is 6.11. The van der Waals surface area contributed by atoms with Crippen LogP contribution in [0.1, 0.15) is 39.0 Å². The smallest absolute Gasteiger partial charge is 0.191 e. The second-order valence-corrected chi connectivity index (χ2v) is 6.76. The summed E-state index contributed by atoms with van der Waals surface area (Å²) in [4.78, 5) is 4.57. The number of halogens is 2. The van der Waals surface area contributed by atoms with Gasteiger partial charge in [0.25, 0.3) is 0 Å². The van der Waals surface area contributed by atoms with Crippen molar-refractivity contribution >= 4 is 29.9 Å². The summed E-state index contributed by atoms with van der Waals surface area (Å²) in [7, 11) is 0. The highest BCUT2D eigenvalue weighted by Gasteiger charge is 2.14. The Hall–Kier alpha value is -1.13. The minimum atomic E-state index is -0.249. The number of ether oxygens (including phenoxy) is 3. The predicted molar refractivity (Wildman–Crippen MR) is 125 cm³/mol. The van der Waals surface area contributed by atoms with Crippen LogP contribution in [-0.2, 0) is 9.47 Å². The first-order valence-corrected chi connectivity index (χ1v) is 10.4. The second-order valence-electron chi connectivity index (χ2n) is 6.76. The van der Waals surface area contributed by atoms with Crippen molar-refractivity contribution in [2.45, 2.75) is 45.1 Å². The van der Waals surface area contributed by atoms with E-state index >= 15 is 0 Å². The largest absolute Gasteiger partial charge is 0.494 e. The van der Waals surface area contributed by atoms with E-state index in [0.717, 1.165) is 64.3 Å². The molecule has 1 aliphatic heterocycles. The van der Waals surface area contributed by atoms with Crippen molar-refractivity contribution in [3.8, 4) is 5.75 Å². The highest BCUT2D eigenvalue weighted by Crippen LogP contribution is 2.12. The Balaban J connectivity index is 0.00000420. The number of benzene rings is 1. The standard InChI is InChI=1S/C21H34FN3O3.HI/c1-2-23-21(25-13-6-14-26-17-20-7-5-16-28-20)24-12-3-4-15-27-19-10-8-18(22)9-11-19;/h8-11,20H,2-7,12-17H2,1H3,(H2,23,24,25);1H. The van der Waals surface area contributed by atoms with Crippen molar-refractivity contribution in [1.82, 2.24) is 10.6 Å². The van der Waals surface area contributed by atoms with Crippen molar-refractivity contribution in [1.29, 1.82) is 0 Å². The lowest BCUT2D eigenvalue weighted by molar-refractivity contribution is 0.0171. The van der Waals surface area contributed by atoms with Gasteiger partial charge in [-0.1, -0.05) is 0 Å². The first-order chi connectivity index (χ1) is 13.8. The number of nitrogens with one attached hydrogen (secondary N) is 2. The Labute approximate surface area is 191 Å². The SMILES string of the molecule is CCNC(=NCCCOCC1CCCO1)NCCCCOc1ccc(F)cc1.I. The molecule has 0 amide bonds. The molecule has 1 unspecified atom stereocenters. The number of nitrogens with zero attached hydrogens (tertiary/aromatic N) is 1. The third-order valence-corrected chi connectivity index (χ3v) is 4.33. The Morgan fingerprint density at radius 3 is 2.72 bits per heavy atom. The van der Waals surface area contributed by atoms with Crippen molar-refractivity contribution < 1.29 is 18.6 Å². The van der Waals surface area contributed by atoms with Gasteiger partial charge in [0.1, 0.15) is 11.6 Å². The Bertz CT molecular complexity index is 555. The highest BCUT2D eigenvalue weighted by atomic mass is 127. The Morgan fingerprint density at radius 1 is 1.17 bits per heavy atom. The molecule has 1 aliphatic rings. The monoisotopic (exact) mass is 523 g/mol. The third-order valence-electron chi connectivity index (χ3n) is 4.33. The molecule has 166 valence electrons. The molecule has 6 nitrogen and oxygen atoms in total. The molecule has 0 aromatic heterocycles. The molecule has 0 saturated carbocycles. The van der Waals surface area contributed by atoms with Crippen LogP contribution in [0.2, 0.25) is 0 Å². The maximum absolute atomic E-state index is 12.8. The van der Waals surface area contributed by atoms with E-state index in [1.165, 1.54) is 12.1 Å². The molecule has 2 N–H and O–H groups in total. The fraction of sp³-hybridized carbons (Fsp3) is 0.667. The quantitative estimate of drug-likeness (QED) is 0.179. The first-order valence-electron chi connectivity index (χ1n) is 10.4. The maximum Gasteiger partial charge on any atom is 0.191 e. The van der Waals surface area contributed by atoms with Gasteiger partial charge in [-0.15, -0.1) is 24.0 Å². The summed E-state index contributed by atoms with van der Waals surface area (Å²) in [5, 5.41) is 6.59. The van der Waals surface area contributed by atoms with Gasteiger partial charge >= 0.3 is 0 Å². The predicted octanol–water partition coefficient (Wildman–Crippen LogP) is 3.74. The minimum absolute atomic E-state index is 0. The molecule has 8 heteroatoms. The van der Waals surface area contributed by atoms with E-state index in [4.69, 9.17) is 14.2 Å². The van der Waals surface area contributed by atoms with Gasteiger partial charge in [0, 0.05) is 32.8 Å². The molecule has 0 bridgehead atoms. The summed E-state index contributed by atoms with van der Waals surface area (Å²) in [6.07, 6.45) is 5.33. The van der Waals surface area contributed by atoms with Gasteiger partial charge < -0.3 is 24.8 Å². The summed E-state index contributed by atoms with van der Waals surface area (Å²) < 4.78 is 29.6. The lowest BCUT2D eigenvalue weighted by Gasteiger charge is -2.12. The maximum atomic E-state index is 12.8. The molecule has 0 spiro atoms. The van der Waals surface area contributed by atoms with Crippen molar-refractivity contribution in [2.24, 2.45) is 4.99 Å². The van der Waals surface area contributed by atoms with E-state index < -0.39 is 0 Å². The van der Waals surface area contributed by atoms with Crippen LogP contribution in [0.3, 0.4) is 0 Å². The van der Waals surface area contributed by atoms with E-state index in [-0.39, 0.29) is 35.9 Å². The second kappa shape index (κ2) is 16.6. The molecule has 2 rings (SSSR count). The summed E-state index contributed by atoms with van der Waals surface area (Å²) in [6.45, 7) is 7.33. The molecular weight excluding hydrogens is 488 g/mol. The van der Waals surface area contributed by atoms with E-state index in [0.29, 0.717) is 25.6 Å². The fourth-order valence-corrected chi connectivity index (χ4v) is 2.84. The van der Waals surface area contributed by atoms with Gasteiger partial charge in [0.15, 0.2) is 5.96 Å². The fourth-order valence-electron chi connectivity index (χ4n) is 2.84. The van der Waals surface area contributed by atoms with Crippen LogP contribution >= 0.6 is 24.0 Å². The molecule has 1 fully saturated rings. The third kappa shape index (κ3) is 12.2. The van der Waals surface area contributed by atoms with E-state index in [2.05, 4.69) is 22.5 Å². The molecule has 1 heterocycles. The van der Waals surface area contributed by atoms with Crippen LogP contribution in [-0.4, -0.2) is 58.1 Å². The highest BCUT2D eigenvalue weighted by molar-refractivity contribution is 14.0. The zero-order valence-corrected chi connectivity index (χ0v) is 19.7. The zero-order chi connectivity index (χ0) is 19.9. The molecular formula is C21H35FIN3O3. The van der Waals surface area contributed by atoms with Gasteiger partial charge in [0.2, 0.25) is 0 Å². The normalized spacial score (nSPS) is 16.3. The van der Waals surface area contributed by atoms with Crippen LogP contribution < -0.4 is 15.4 Å².